The third-order valence-corrected chi connectivity index (χ3v) is 6.20. The Labute approximate surface area is 162 Å². The molecular weight excluding hydrogens is 358 g/mol. The van der Waals surface area contributed by atoms with Gasteiger partial charge in [-0.25, -0.2) is 4.98 Å². The van der Waals surface area contributed by atoms with Crippen molar-refractivity contribution in [3.05, 3.63) is 41.3 Å². The number of hydrogen-bond acceptors (Lipinski definition) is 6. The molecule has 2 atom stereocenters. The quantitative estimate of drug-likeness (QED) is 0.786. The molecule has 2 aromatic heterocycles. The number of hydrogen-bond donors (Lipinski definition) is 0. The highest BCUT2D eigenvalue weighted by molar-refractivity contribution is 5.94. The van der Waals surface area contributed by atoms with Crippen molar-refractivity contribution in [3.8, 4) is 0 Å². The summed E-state index contributed by atoms with van der Waals surface area (Å²) in [5, 5.41) is 4.14. The predicted molar refractivity (Wildman–Crippen MR) is 98.6 cm³/mol. The molecule has 28 heavy (non-hydrogen) atoms. The van der Waals surface area contributed by atoms with Gasteiger partial charge in [0.2, 0.25) is 5.76 Å². The third-order valence-electron chi connectivity index (χ3n) is 6.20. The Kier molecular flexibility index (Phi) is 4.33. The lowest BCUT2D eigenvalue weighted by Gasteiger charge is -2.35. The van der Waals surface area contributed by atoms with Gasteiger partial charge in [-0.15, -0.1) is 0 Å². The molecule has 2 bridgehead atoms. The van der Waals surface area contributed by atoms with Crippen LogP contribution in [0.1, 0.15) is 58.0 Å². The van der Waals surface area contributed by atoms with Crippen LogP contribution in [0, 0.1) is 5.92 Å². The zero-order valence-corrected chi connectivity index (χ0v) is 15.7. The second-order valence-corrected chi connectivity index (χ2v) is 8.00. The van der Waals surface area contributed by atoms with Crippen molar-refractivity contribution in [1.29, 1.82) is 0 Å². The van der Waals surface area contributed by atoms with Crippen LogP contribution in [0.5, 0.6) is 0 Å². The first kappa shape index (κ1) is 17.3. The Hall–Kier alpha value is -2.77. The van der Waals surface area contributed by atoms with Crippen LogP contribution in [-0.2, 0) is 12.8 Å². The number of nitrogens with zero attached hydrogens (tertiary/aromatic N) is 5. The van der Waals surface area contributed by atoms with Crippen LogP contribution in [-0.4, -0.2) is 62.4 Å². The average molecular weight is 381 g/mol. The Bertz CT molecular complexity index is 897. The number of fused-ring (bicyclic) bond motifs is 5. The molecular formula is C20H23N5O3. The van der Waals surface area contributed by atoms with Gasteiger partial charge in [-0.2, -0.15) is 0 Å². The summed E-state index contributed by atoms with van der Waals surface area (Å²) >= 11 is 0. The van der Waals surface area contributed by atoms with E-state index in [-0.39, 0.29) is 23.8 Å². The van der Waals surface area contributed by atoms with E-state index < -0.39 is 0 Å². The van der Waals surface area contributed by atoms with Crippen LogP contribution in [0.15, 0.2) is 23.1 Å². The summed E-state index contributed by atoms with van der Waals surface area (Å²) in [5.74, 6) is 0.492. The lowest BCUT2D eigenvalue weighted by atomic mass is 9.93. The van der Waals surface area contributed by atoms with Gasteiger partial charge in [-0.3, -0.25) is 14.6 Å². The van der Waals surface area contributed by atoms with Gasteiger partial charge < -0.3 is 14.3 Å². The average Bonchev–Trinajstić information content (AvgIpc) is 2.95. The van der Waals surface area contributed by atoms with Crippen LogP contribution in [0.2, 0.25) is 0 Å². The number of aryl methyl sites for hydroxylation is 1. The molecule has 5 heterocycles. The number of amides is 2. The van der Waals surface area contributed by atoms with Crippen molar-refractivity contribution < 1.29 is 14.1 Å². The summed E-state index contributed by atoms with van der Waals surface area (Å²) in [7, 11) is 0. The lowest BCUT2D eigenvalue weighted by Crippen LogP contribution is -2.47. The molecule has 8 heteroatoms. The number of piperidine rings is 1. The number of carbonyl (C=O) groups excluding carboxylic acids is 2. The highest BCUT2D eigenvalue weighted by atomic mass is 16.5. The largest absolute Gasteiger partial charge is 0.350 e. The van der Waals surface area contributed by atoms with Crippen LogP contribution in [0.25, 0.3) is 0 Å². The van der Waals surface area contributed by atoms with Gasteiger partial charge in [0.15, 0.2) is 0 Å². The Morgan fingerprint density at radius 1 is 1.04 bits per heavy atom. The fourth-order valence-electron chi connectivity index (χ4n) is 4.76. The van der Waals surface area contributed by atoms with Gasteiger partial charge in [0.1, 0.15) is 5.69 Å². The fourth-order valence-corrected chi connectivity index (χ4v) is 4.76. The van der Waals surface area contributed by atoms with E-state index in [0.717, 1.165) is 49.8 Å². The molecule has 0 saturated carbocycles. The fraction of sp³-hybridized carbons (Fsp3) is 0.550. The Balaban J connectivity index is 1.38. The SMILES string of the molecule is O=C(c1cnccn1)N1C[C@@H]2CC[C@H](C1)N(C(=O)c1onc3c1CCCC3)C2. The van der Waals surface area contributed by atoms with E-state index in [1.165, 1.54) is 12.4 Å². The van der Waals surface area contributed by atoms with Crippen molar-refractivity contribution in [1.82, 2.24) is 24.9 Å². The molecule has 0 radical (unpaired) electrons. The summed E-state index contributed by atoms with van der Waals surface area (Å²) in [6.45, 7) is 1.82. The molecule has 0 N–H and O–H groups in total. The van der Waals surface area contributed by atoms with E-state index in [2.05, 4.69) is 15.1 Å². The molecule has 2 aromatic rings. The molecule has 0 unspecified atom stereocenters. The maximum atomic E-state index is 13.3. The maximum absolute atomic E-state index is 13.3. The smallest absolute Gasteiger partial charge is 0.293 e. The number of carbonyl (C=O) groups is 2. The molecule has 4 aliphatic rings. The predicted octanol–water partition coefficient (Wildman–Crippen LogP) is 1.72. The zero-order chi connectivity index (χ0) is 19.1. The summed E-state index contributed by atoms with van der Waals surface area (Å²) < 4.78 is 5.48. The molecule has 6 rings (SSSR count). The van der Waals surface area contributed by atoms with Gasteiger partial charge in [-0.05, 0) is 44.4 Å². The van der Waals surface area contributed by atoms with E-state index in [1.807, 2.05) is 9.80 Å². The summed E-state index contributed by atoms with van der Waals surface area (Å²) in [6, 6.07) is -0.00351. The van der Waals surface area contributed by atoms with Crippen molar-refractivity contribution in [3.63, 3.8) is 0 Å². The zero-order valence-electron chi connectivity index (χ0n) is 15.7. The van der Waals surface area contributed by atoms with Gasteiger partial charge in [0.25, 0.3) is 11.8 Å². The molecule has 3 aliphatic heterocycles. The van der Waals surface area contributed by atoms with E-state index in [4.69, 9.17) is 4.52 Å². The Morgan fingerprint density at radius 3 is 2.79 bits per heavy atom. The molecule has 1 aliphatic carbocycles. The highest BCUT2D eigenvalue weighted by Gasteiger charge is 2.41. The van der Waals surface area contributed by atoms with Crippen molar-refractivity contribution in [2.24, 2.45) is 5.92 Å². The van der Waals surface area contributed by atoms with Crippen LogP contribution < -0.4 is 0 Å². The highest BCUT2D eigenvalue weighted by Crippen LogP contribution is 2.32. The van der Waals surface area contributed by atoms with E-state index >= 15 is 0 Å². The number of rotatable bonds is 2. The second-order valence-electron chi connectivity index (χ2n) is 8.00. The first-order valence-electron chi connectivity index (χ1n) is 10.0. The van der Waals surface area contributed by atoms with Gasteiger partial charge in [0.05, 0.1) is 11.9 Å². The van der Waals surface area contributed by atoms with Crippen LogP contribution in [0.4, 0.5) is 0 Å². The Morgan fingerprint density at radius 2 is 1.93 bits per heavy atom. The molecule has 3 saturated heterocycles. The monoisotopic (exact) mass is 381 g/mol. The minimum absolute atomic E-state index is 0.00351. The lowest BCUT2D eigenvalue weighted by molar-refractivity contribution is 0.0533. The van der Waals surface area contributed by atoms with Crippen molar-refractivity contribution >= 4 is 11.8 Å². The van der Waals surface area contributed by atoms with Crippen molar-refractivity contribution in [2.75, 3.05) is 19.6 Å². The topological polar surface area (TPSA) is 92.4 Å². The van der Waals surface area contributed by atoms with E-state index in [0.29, 0.717) is 31.1 Å². The molecule has 3 fully saturated rings. The maximum Gasteiger partial charge on any atom is 0.293 e. The molecule has 2 amide bonds. The summed E-state index contributed by atoms with van der Waals surface area (Å²) in [6.07, 6.45) is 10.4. The van der Waals surface area contributed by atoms with Gasteiger partial charge in [0, 0.05) is 43.6 Å². The van der Waals surface area contributed by atoms with Crippen molar-refractivity contribution in [2.45, 2.75) is 44.6 Å². The van der Waals surface area contributed by atoms with Crippen LogP contribution >= 0.6 is 0 Å². The summed E-state index contributed by atoms with van der Waals surface area (Å²) in [5.41, 5.74) is 2.28. The molecule has 8 nitrogen and oxygen atoms in total. The number of aromatic nitrogens is 3. The molecule has 0 spiro atoms. The third kappa shape index (κ3) is 2.96. The first-order valence-corrected chi connectivity index (χ1v) is 10.0. The van der Waals surface area contributed by atoms with Gasteiger partial charge >= 0.3 is 0 Å². The molecule has 146 valence electrons. The normalized spacial score (nSPS) is 24.0. The minimum atomic E-state index is -0.114. The first-order chi connectivity index (χ1) is 13.7. The van der Waals surface area contributed by atoms with Crippen LogP contribution in [0.3, 0.4) is 0 Å². The van der Waals surface area contributed by atoms with E-state index in [9.17, 15) is 9.59 Å². The minimum Gasteiger partial charge on any atom is -0.350 e. The molecule has 0 aromatic carbocycles. The van der Waals surface area contributed by atoms with Gasteiger partial charge in [-0.1, -0.05) is 5.16 Å². The second kappa shape index (κ2) is 7.00. The standard InChI is InChI=1S/C20H23N5O3/c26-19(17-9-21-7-8-22-17)24-10-13-5-6-14(12-24)25(11-13)20(27)18-15-3-1-2-4-16(15)23-28-18/h7-9,13-14H,1-6,10-12H2/t13-,14+/m0/s1. The summed E-state index contributed by atoms with van der Waals surface area (Å²) in [4.78, 5) is 38.0. The van der Waals surface area contributed by atoms with E-state index in [1.54, 1.807) is 6.20 Å².